The second kappa shape index (κ2) is 3.79. The highest BCUT2D eigenvalue weighted by Gasteiger charge is 2.58. The Morgan fingerprint density at radius 3 is 2.74 bits per heavy atom. The van der Waals surface area contributed by atoms with Gasteiger partial charge in [0, 0.05) is 5.92 Å². The summed E-state index contributed by atoms with van der Waals surface area (Å²) in [5.41, 5.74) is 1.13. The van der Waals surface area contributed by atoms with Gasteiger partial charge >= 0.3 is 5.97 Å². The molecule has 0 aromatic heterocycles. The first-order chi connectivity index (χ1) is 8.86. The minimum absolute atomic E-state index is 0.0128. The van der Waals surface area contributed by atoms with Crippen LogP contribution in [-0.2, 0) is 14.3 Å². The number of aliphatic hydroxyl groups is 1. The molecule has 1 N–H and O–H groups in total. The Bertz CT molecular complexity index is 530. The van der Waals surface area contributed by atoms with Gasteiger partial charge in [-0.15, -0.1) is 0 Å². The third-order valence-corrected chi connectivity index (χ3v) is 4.94. The lowest BCUT2D eigenvalue weighted by Crippen LogP contribution is -2.50. The van der Waals surface area contributed by atoms with Gasteiger partial charge < -0.3 is 9.84 Å². The molecule has 4 nitrogen and oxygen atoms in total. The third kappa shape index (κ3) is 1.49. The quantitative estimate of drug-likeness (QED) is 0.670. The number of allylic oxidation sites excluding steroid dienone is 3. The summed E-state index contributed by atoms with van der Waals surface area (Å²) < 4.78 is 5.46. The normalized spacial score (nSPS) is 45.1. The average Bonchev–Trinajstić information content (AvgIpc) is 2.61. The molecule has 0 aromatic rings. The molecule has 5 atom stereocenters. The highest BCUT2D eigenvalue weighted by atomic mass is 16.6. The number of hydrogen-bond acceptors (Lipinski definition) is 4. The van der Waals surface area contributed by atoms with Crippen molar-refractivity contribution in [1.82, 2.24) is 0 Å². The molecule has 1 heterocycles. The van der Waals surface area contributed by atoms with Gasteiger partial charge in [-0.3, -0.25) is 9.59 Å². The summed E-state index contributed by atoms with van der Waals surface area (Å²) in [6.45, 7) is 5.56. The Balaban J connectivity index is 2.15. The molecule has 19 heavy (non-hydrogen) atoms. The average molecular weight is 262 g/mol. The molecule has 1 saturated heterocycles. The van der Waals surface area contributed by atoms with Crippen molar-refractivity contribution in [3.8, 4) is 0 Å². The second-order valence-electron chi connectivity index (χ2n) is 6.12. The number of ether oxygens (including phenoxy) is 1. The Labute approximate surface area is 112 Å². The summed E-state index contributed by atoms with van der Waals surface area (Å²) in [6.07, 6.45) is 2.58. The van der Waals surface area contributed by atoms with Gasteiger partial charge in [0.05, 0.1) is 17.4 Å². The van der Waals surface area contributed by atoms with Gasteiger partial charge in [0.15, 0.2) is 5.78 Å². The summed E-state index contributed by atoms with van der Waals surface area (Å²) in [4.78, 5) is 24.0. The zero-order valence-corrected chi connectivity index (χ0v) is 11.3. The molecule has 1 aliphatic heterocycles. The van der Waals surface area contributed by atoms with Crippen molar-refractivity contribution in [3.63, 3.8) is 0 Å². The molecule has 0 radical (unpaired) electrons. The van der Waals surface area contributed by atoms with Crippen molar-refractivity contribution in [3.05, 3.63) is 23.3 Å². The highest BCUT2D eigenvalue weighted by molar-refractivity contribution is 5.99. The van der Waals surface area contributed by atoms with E-state index < -0.39 is 17.6 Å². The smallest absolute Gasteiger partial charge is 0.309 e. The van der Waals surface area contributed by atoms with Crippen molar-refractivity contribution in [2.24, 2.45) is 17.3 Å². The largest absolute Gasteiger partial charge is 0.457 e. The van der Waals surface area contributed by atoms with E-state index in [9.17, 15) is 14.7 Å². The molecular weight excluding hydrogens is 244 g/mol. The van der Waals surface area contributed by atoms with Crippen molar-refractivity contribution < 1.29 is 19.4 Å². The second-order valence-corrected chi connectivity index (χ2v) is 6.12. The number of esters is 1. The van der Waals surface area contributed by atoms with Crippen LogP contribution >= 0.6 is 0 Å². The molecule has 3 aliphatic rings. The molecule has 102 valence electrons. The first-order valence-electron chi connectivity index (χ1n) is 6.68. The molecule has 4 heteroatoms. The van der Waals surface area contributed by atoms with Gasteiger partial charge in [-0.05, 0) is 37.5 Å². The maximum atomic E-state index is 12.2. The lowest BCUT2D eigenvalue weighted by atomic mass is 9.59. The molecular formula is C15H18O4. The number of ketones is 1. The van der Waals surface area contributed by atoms with Gasteiger partial charge in [0.1, 0.15) is 6.10 Å². The van der Waals surface area contributed by atoms with E-state index in [1.165, 1.54) is 0 Å². The Morgan fingerprint density at radius 2 is 2.05 bits per heavy atom. The van der Waals surface area contributed by atoms with Gasteiger partial charge in [-0.2, -0.15) is 0 Å². The summed E-state index contributed by atoms with van der Waals surface area (Å²) in [7, 11) is 0. The monoisotopic (exact) mass is 262 g/mol. The van der Waals surface area contributed by atoms with Crippen LogP contribution in [0, 0.1) is 17.3 Å². The first-order valence-corrected chi connectivity index (χ1v) is 6.68. The predicted molar refractivity (Wildman–Crippen MR) is 68.1 cm³/mol. The molecule has 0 bridgehead atoms. The van der Waals surface area contributed by atoms with E-state index >= 15 is 0 Å². The minimum atomic E-state index is -0.732. The molecule has 0 spiro atoms. The number of hydrogen-bond donors (Lipinski definition) is 1. The fraction of sp³-hybridized carbons (Fsp3) is 0.600. The van der Waals surface area contributed by atoms with Crippen molar-refractivity contribution >= 4 is 11.8 Å². The van der Waals surface area contributed by atoms with E-state index in [1.807, 2.05) is 13.8 Å². The van der Waals surface area contributed by atoms with Crippen LogP contribution in [0.5, 0.6) is 0 Å². The zero-order chi connectivity index (χ0) is 13.9. The molecule has 0 amide bonds. The van der Waals surface area contributed by atoms with Crippen LogP contribution < -0.4 is 0 Å². The maximum Gasteiger partial charge on any atom is 0.309 e. The van der Waals surface area contributed by atoms with E-state index in [4.69, 9.17) is 4.74 Å². The fourth-order valence-electron chi connectivity index (χ4n) is 3.86. The number of rotatable bonds is 0. The van der Waals surface area contributed by atoms with E-state index in [0.717, 1.165) is 11.1 Å². The summed E-state index contributed by atoms with van der Waals surface area (Å²) >= 11 is 0. The number of fused-ring (bicyclic) bond motifs is 3. The Hall–Kier alpha value is -1.42. The van der Waals surface area contributed by atoms with E-state index in [0.29, 0.717) is 6.42 Å². The predicted octanol–water partition coefficient (Wildman–Crippen LogP) is 1.39. The van der Waals surface area contributed by atoms with Crippen LogP contribution in [0.2, 0.25) is 0 Å². The lowest BCUT2D eigenvalue weighted by Gasteiger charge is -2.45. The van der Waals surface area contributed by atoms with E-state index in [1.54, 1.807) is 19.1 Å². The van der Waals surface area contributed by atoms with Crippen molar-refractivity contribution in [2.75, 3.05) is 0 Å². The van der Waals surface area contributed by atoms with Crippen LogP contribution in [-0.4, -0.2) is 29.1 Å². The summed E-state index contributed by atoms with van der Waals surface area (Å²) in [5.74, 6) is -0.836. The fourth-order valence-corrected chi connectivity index (χ4v) is 3.86. The molecule has 2 aliphatic carbocycles. The van der Waals surface area contributed by atoms with Crippen LogP contribution in [0.3, 0.4) is 0 Å². The topological polar surface area (TPSA) is 63.6 Å². The number of aliphatic hydroxyl groups excluding tert-OH is 1. The van der Waals surface area contributed by atoms with Crippen molar-refractivity contribution in [2.45, 2.75) is 39.4 Å². The molecule has 0 aromatic carbocycles. The van der Waals surface area contributed by atoms with E-state index in [-0.39, 0.29) is 23.6 Å². The third-order valence-electron chi connectivity index (χ3n) is 4.94. The van der Waals surface area contributed by atoms with Gasteiger partial charge in [0.25, 0.3) is 0 Å². The van der Waals surface area contributed by atoms with Crippen molar-refractivity contribution in [1.29, 1.82) is 0 Å². The van der Waals surface area contributed by atoms with Gasteiger partial charge in [-0.25, -0.2) is 0 Å². The first kappa shape index (κ1) is 12.6. The van der Waals surface area contributed by atoms with Gasteiger partial charge in [-0.1, -0.05) is 13.0 Å². The Kier molecular flexibility index (Phi) is 2.52. The van der Waals surface area contributed by atoms with Crippen LogP contribution in [0.1, 0.15) is 27.2 Å². The standard InChI is InChI=1S/C15H18O4/c1-7-4-5-10(17)15(3)6-9(16)11-8(2)14(18)19-13(11)12(7)15/h4-5,8-9,11,13,16H,6H2,1-3H3/t8-,9-,11+,13-,15-/m0/s1. The molecule has 1 saturated carbocycles. The highest BCUT2D eigenvalue weighted by Crippen LogP contribution is 2.52. The van der Waals surface area contributed by atoms with Crippen LogP contribution in [0.15, 0.2) is 23.3 Å². The van der Waals surface area contributed by atoms with Crippen LogP contribution in [0.4, 0.5) is 0 Å². The SMILES string of the molecule is CC1=C2[C@H]3OC(=O)[C@@H](C)[C@@H]3[C@@H](O)C[C@@]2(C)C(=O)C=C1. The van der Waals surface area contributed by atoms with Gasteiger partial charge in [0.2, 0.25) is 0 Å². The molecule has 3 rings (SSSR count). The maximum absolute atomic E-state index is 12.2. The number of carbonyl (C=O) groups excluding carboxylic acids is 2. The minimum Gasteiger partial charge on any atom is -0.457 e. The number of carbonyl (C=O) groups is 2. The lowest BCUT2D eigenvalue weighted by molar-refractivity contribution is -0.144. The zero-order valence-electron chi connectivity index (χ0n) is 11.3. The van der Waals surface area contributed by atoms with E-state index in [2.05, 4.69) is 0 Å². The molecule has 0 unspecified atom stereocenters. The Morgan fingerprint density at radius 1 is 1.37 bits per heavy atom. The summed E-state index contributed by atoms with van der Waals surface area (Å²) in [6, 6.07) is 0. The molecule has 2 fully saturated rings. The summed E-state index contributed by atoms with van der Waals surface area (Å²) in [5, 5.41) is 10.3. The van der Waals surface area contributed by atoms with Crippen LogP contribution in [0.25, 0.3) is 0 Å².